The normalized spacial score (nSPS) is 15.2. The van der Waals surface area contributed by atoms with Gasteiger partial charge in [0.1, 0.15) is 18.1 Å². The standard InChI is InChI=1S/C19H33N5O10/c1-9(25)15(18(32)23-12(19(33)34)5-6-13(26)27)24-17(31)11(4-2-3-7-20)22-16(30)10(21)8-14(28)29/h9-12,15,25H,2-8,20-21H2,1H3,(H,22,30)(H,23,32)(H,24,31)(H,26,27)(H,28,29)(H,33,34). The highest BCUT2D eigenvalue weighted by atomic mass is 16.4. The van der Waals surface area contributed by atoms with Crippen LogP contribution in [-0.2, 0) is 28.8 Å². The first-order valence-electron chi connectivity index (χ1n) is 10.5. The van der Waals surface area contributed by atoms with Crippen molar-refractivity contribution in [1.82, 2.24) is 16.0 Å². The molecule has 0 heterocycles. The molecule has 0 aliphatic heterocycles. The summed E-state index contributed by atoms with van der Waals surface area (Å²) >= 11 is 0. The second-order valence-corrected chi connectivity index (χ2v) is 7.61. The number of aliphatic carboxylic acids is 3. The van der Waals surface area contributed by atoms with E-state index < -0.39 is 85.2 Å². The summed E-state index contributed by atoms with van der Waals surface area (Å²) in [7, 11) is 0. The molecule has 3 amide bonds. The largest absolute Gasteiger partial charge is 0.481 e. The van der Waals surface area contributed by atoms with Crippen LogP contribution in [0.25, 0.3) is 0 Å². The topological polar surface area (TPSA) is 271 Å². The first-order valence-corrected chi connectivity index (χ1v) is 10.5. The molecule has 0 radical (unpaired) electrons. The summed E-state index contributed by atoms with van der Waals surface area (Å²) in [4.78, 5) is 70.2. The van der Waals surface area contributed by atoms with E-state index in [4.69, 9.17) is 21.7 Å². The summed E-state index contributed by atoms with van der Waals surface area (Å²) < 4.78 is 0. The summed E-state index contributed by atoms with van der Waals surface area (Å²) in [6.07, 6.45) is -2.23. The molecule has 0 aliphatic rings. The number of aliphatic hydroxyl groups excluding tert-OH is 1. The Labute approximate surface area is 195 Å². The van der Waals surface area contributed by atoms with E-state index in [1.165, 1.54) is 0 Å². The Morgan fingerprint density at radius 1 is 0.794 bits per heavy atom. The molecule has 0 bridgehead atoms. The highest BCUT2D eigenvalue weighted by Gasteiger charge is 2.33. The van der Waals surface area contributed by atoms with E-state index in [1.54, 1.807) is 0 Å². The van der Waals surface area contributed by atoms with Crippen LogP contribution in [0.5, 0.6) is 0 Å². The third kappa shape index (κ3) is 12.1. The van der Waals surface area contributed by atoms with Crippen molar-refractivity contribution in [1.29, 1.82) is 0 Å². The molecule has 0 aromatic heterocycles. The van der Waals surface area contributed by atoms with E-state index in [2.05, 4.69) is 16.0 Å². The quantitative estimate of drug-likeness (QED) is 0.0905. The summed E-state index contributed by atoms with van der Waals surface area (Å²) in [5, 5.41) is 43.2. The molecule has 0 fully saturated rings. The molecule has 15 nitrogen and oxygen atoms in total. The highest BCUT2D eigenvalue weighted by molar-refractivity contribution is 5.95. The van der Waals surface area contributed by atoms with Gasteiger partial charge in [-0.05, 0) is 39.2 Å². The van der Waals surface area contributed by atoms with Gasteiger partial charge in [-0.2, -0.15) is 0 Å². The van der Waals surface area contributed by atoms with Crippen LogP contribution in [0.2, 0.25) is 0 Å². The third-order valence-electron chi connectivity index (χ3n) is 4.64. The SMILES string of the molecule is CC(O)C(NC(=O)C(CCCCN)NC(=O)C(N)CC(=O)O)C(=O)NC(CCC(=O)O)C(=O)O. The molecule has 0 aromatic rings. The van der Waals surface area contributed by atoms with Crippen LogP contribution in [0.1, 0.15) is 45.4 Å². The van der Waals surface area contributed by atoms with Gasteiger partial charge in [0, 0.05) is 6.42 Å². The van der Waals surface area contributed by atoms with E-state index in [0.29, 0.717) is 19.4 Å². The van der Waals surface area contributed by atoms with E-state index in [0.717, 1.165) is 6.92 Å². The maximum Gasteiger partial charge on any atom is 0.326 e. The predicted molar refractivity (Wildman–Crippen MR) is 115 cm³/mol. The summed E-state index contributed by atoms with van der Waals surface area (Å²) in [5.74, 6) is -7.04. The van der Waals surface area contributed by atoms with Crippen LogP contribution in [0.4, 0.5) is 0 Å². The van der Waals surface area contributed by atoms with Crippen molar-refractivity contribution in [2.45, 2.75) is 75.7 Å². The maximum absolute atomic E-state index is 12.8. The van der Waals surface area contributed by atoms with Crippen molar-refractivity contribution >= 4 is 35.6 Å². The molecule has 15 heteroatoms. The van der Waals surface area contributed by atoms with E-state index in [-0.39, 0.29) is 6.42 Å². The lowest BCUT2D eigenvalue weighted by molar-refractivity contribution is -0.144. The Hall–Kier alpha value is -3.30. The van der Waals surface area contributed by atoms with E-state index >= 15 is 0 Å². The molecule has 5 unspecified atom stereocenters. The van der Waals surface area contributed by atoms with Gasteiger partial charge >= 0.3 is 17.9 Å². The second kappa shape index (κ2) is 15.5. The minimum atomic E-state index is -1.64. The minimum Gasteiger partial charge on any atom is -0.481 e. The average molecular weight is 491 g/mol. The van der Waals surface area contributed by atoms with Crippen LogP contribution in [-0.4, -0.2) is 92.9 Å². The fraction of sp³-hybridized carbons (Fsp3) is 0.684. The number of amides is 3. The minimum absolute atomic E-state index is 0.0546. The molecule has 0 rings (SSSR count). The van der Waals surface area contributed by atoms with Gasteiger partial charge in [0.05, 0.1) is 18.6 Å². The van der Waals surface area contributed by atoms with Crippen molar-refractivity contribution in [2.24, 2.45) is 11.5 Å². The lowest BCUT2D eigenvalue weighted by atomic mass is 10.0. The Balaban J connectivity index is 5.44. The summed E-state index contributed by atoms with van der Waals surface area (Å²) in [5.41, 5.74) is 10.9. The smallest absolute Gasteiger partial charge is 0.326 e. The Kier molecular flexibility index (Phi) is 14.0. The molecule has 194 valence electrons. The lowest BCUT2D eigenvalue weighted by Crippen LogP contribution is -2.59. The predicted octanol–water partition coefficient (Wildman–Crippen LogP) is -3.30. The Morgan fingerprint density at radius 2 is 1.38 bits per heavy atom. The third-order valence-corrected chi connectivity index (χ3v) is 4.64. The zero-order valence-electron chi connectivity index (χ0n) is 18.7. The van der Waals surface area contributed by atoms with Crippen LogP contribution < -0.4 is 27.4 Å². The van der Waals surface area contributed by atoms with Crippen LogP contribution in [0.15, 0.2) is 0 Å². The van der Waals surface area contributed by atoms with Crippen LogP contribution >= 0.6 is 0 Å². The molecule has 34 heavy (non-hydrogen) atoms. The number of carboxylic acid groups (broad SMARTS) is 3. The molecule has 0 spiro atoms. The first-order chi connectivity index (χ1) is 15.8. The van der Waals surface area contributed by atoms with E-state index in [1.807, 2.05) is 0 Å². The van der Waals surface area contributed by atoms with Crippen molar-refractivity contribution in [3.63, 3.8) is 0 Å². The number of unbranched alkanes of at least 4 members (excludes halogenated alkanes) is 1. The van der Waals surface area contributed by atoms with Crippen LogP contribution in [0, 0.1) is 0 Å². The van der Waals surface area contributed by atoms with Gasteiger partial charge in [0.15, 0.2) is 0 Å². The molecular formula is C19H33N5O10. The average Bonchev–Trinajstić information content (AvgIpc) is 2.72. The second-order valence-electron chi connectivity index (χ2n) is 7.61. The van der Waals surface area contributed by atoms with Crippen LogP contribution in [0.3, 0.4) is 0 Å². The van der Waals surface area contributed by atoms with Gasteiger partial charge in [-0.3, -0.25) is 24.0 Å². The molecule has 0 saturated carbocycles. The number of aliphatic hydroxyl groups is 1. The summed E-state index contributed by atoms with van der Waals surface area (Å²) in [6, 6.07) is -5.92. The van der Waals surface area contributed by atoms with Gasteiger partial charge in [0.2, 0.25) is 17.7 Å². The first kappa shape index (κ1) is 30.7. The van der Waals surface area contributed by atoms with Gasteiger partial charge in [-0.15, -0.1) is 0 Å². The van der Waals surface area contributed by atoms with E-state index in [9.17, 15) is 39.0 Å². The van der Waals surface area contributed by atoms with Crippen molar-refractivity contribution in [3.05, 3.63) is 0 Å². The number of rotatable bonds is 17. The zero-order chi connectivity index (χ0) is 26.4. The number of carbonyl (C=O) groups excluding carboxylic acids is 3. The number of carbonyl (C=O) groups is 6. The fourth-order valence-electron chi connectivity index (χ4n) is 2.77. The number of nitrogens with two attached hydrogens (primary N) is 2. The molecule has 5 atom stereocenters. The van der Waals surface area contributed by atoms with Crippen molar-refractivity contribution in [3.8, 4) is 0 Å². The van der Waals surface area contributed by atoms with Gasteiger partial charge < -0.3 is 47.8 Å². The van der Waals surface area contributed by atoms with Gasteiger partial charge in [-0.1, -0.05) is 0 Å². The Bertz CT molecular complexity index is 745. The monoisotopic (exact) mass is 491 g/mol. The number of nitrogens with one attached hydrogen (secondary N) is 3. The molecule has 0 saturated heterocycles. The highest BCUT2D eigenvalue weighted by Crippen LogP contribution is 2.05. The summed E-state index contributed by atoms with van der Waals surface area (Å²) in [6.45, 7) is 1.45. The lowest BCUT2D eigenvalue weighted by Gasteiger charge is -2.26. The number of carboxylic acids is 3. The zero-order valence-corrected chi connectivity index (χ0v) is 18.7. The molecule has 11 N–H and O–H groups in total. The van der Waals surface area contributed by atoms with Gasteiger partial charge in [-0.25, -0.2) is 4.79 Å². The van der Waals surface area contributed by atoms with Gasteiger partial charge in [0.25, 0.3) is 0 Å². The fourth-order valence-corrected chi connectivity index (χ4v) is 2.77. The van der Waals surface area contributed by atoms with Crippen molar-refractivity contribution < 1.29 is 49.2 Å². The molecule has 0 aliphatic carbocycles. The number of hydrogen-bond acceptors (Lipinski definition) is 9. The molecule has 0 aromatic carbocycles. The maximum atomic E-state index is 12.8. The molecular weight excluding hydrogens is 458 g/mol. The Morgan fingerprint density at radius 3 is 1.85 bits per heavy atom. The number of hydrogen-bond donors (Lipinski definition) is 9. The van der Waals surface area contributed by atoms with Crippen molar-refractivity contribution in [2.75, 3.05) is 6.54 Å².